The minimum atomic E-state index is -0.569. The van der Waals surface area contributed by atoms with Crippen LogP contribution >= 0.6 is 0 Å². The number of nitro benzene ring substituents is 1. The number of nitrogens with one attached hydrogen (secondary N) is 1. The molecule has 1 fully saturated rings. The van der Waals surface area contributed by atoms with Crippen molar-refractivity contribution in [3.8, 4) is 11.8 Å². The number of para-hydroxylation sites is 1. The van der Waals surface area contributed by atoms with Crippen molar-refractivity contribution in [2.24, 2.45) is 5.92 Å². The second-order valence-electron chi connectivity index (χ2n) is 4.19. The Hall–Kier alpha value is -2.13. The minimum absolute atomic E-state index is 0.0297. The second-order valence-corrected chi connectivity index (χ2v) is 4.19. The summed E-state index contributed by atoms with van der Waals surface area (Å²) in [4.78, 5) is 10.4. The molecule has 1 saturated heterocycles. The summed E-state index contributed by atoms with van der Waals surface area (Å²) in [6.07, 6.45) is 1.01. The van der Waals surface area contributed by atoms with Crippen LogP contribution in [-0.2, 0) is 0 Å². The van der Waals surface area contributed by atoms with Crippen LogP contribution in [0.4, 0.5) is 5.69 Å². The number of ether oxygens (including phenoxy) is 1. The van der Waals surface area contributed by atoms with Gasteiger partial charge in [0.1, 0.15) is 11.6 Å². The van der Waals surface area contributed by atoms with E-state index in [1.807, 2.05) is 6.07 Å². The highest BCUT2D eigenvalue weighted by atomic mass is 16.6. The van der Waals surface area contributed by atoms with Crippen molar-refractivity contribution in [2.45, 2.75) is 6.42 Å². The summed E-state index contributed by atoms with van der Waals surface area (Å²) in [5.74, 6) is 0.543. The molecule has 1 unspecified atom stereocenters. The molecular formula is C12H13N3O3. The summed E-state index contributed by atoms with van der Waals surface area (Å²) in [5.41, 5.74) is -0.215. The van der Waals surface area contributed by atoms with Crippen LogP contribution in [0.5, 0.6) is 5.75 Å². The molecule has 1 aromatic carbocycles. The monoisotopic (exact) mass is 247 g/mol. The number of rotatable bonds is 4. The van der Waals surface area contributed by atoms with E-state index in [-0.39, 0.29) is 17.0 Å². The lowest BCUT2D eigenvalue weighted by molar-refractivity contribution is -0.386. The maximum Gasteiger partial charge on any atom is 0.328 e. The fraction of sp³-hybridized carbons (Fsp3) is 0.417. The molecule has 0 radical (unpaired) electrons. The van der Waals surface area contributed by atoms with Gasteiger partial charge in [-0.25, -0.2) is 0 Å². The van der Waals surface area contributed by atoms with Crippen LogP contribution in [-0.4, -0.2) is 24.6 Å². The van der Waals surface area contributed by atoms with Gasteiger partial charge >= 0.3 is 5.69 Å². The summed E-state index contributed by atoms with van der Waals surface area (Å²) < 4.78 is 5.49. The normalized spacial score (nSPS) is 18.3. The van der Waals surface area contributed by atoms with Gasteiger partial charge in [-0.2, -0.15) is 5.26 Å². The summed E-state index contributed by atoms with van der Waals surface area (Å²) >= 11 is 0. The topological polar surface area (TPSA) is 88.2 Å². The number of hydrogen-bond donors (Lipinski definition) is 1. The Morgan fingerprint density at radius 2 is 2.44 bits per heavy atom. The van der Waals surface area contributed by atoms with E-state index in [9.17, 15) is 10.1 Å². The molecule has 1 aromatic rings. The molecule has 6 nitrogen and oxygen atoms in total. The third-order valence-electron chi connectivity index (χ3n) is 2.94. The van der Waals surface area contributed by atoms with Crippen molar-refractivity contribution in [1.82, 2.24) is 5.32 Å². The highest BCUT2D eigenvalue weighted by Gasteiger charge is 2.22. The van der Waals surface area contributed by atoms with E-state index in [1.165, 1.54) is 12.1 Å². The molecule has 0 aliphatic carbocycles. The number of nitrogens with zero attached hydrogens (tertiary/aromatic N) is 2. The van der Waals surface area contributed by atoms with E-state index < -0.39 is 4.92 Å². The lowest BCUT2D eigenvalue weighted by Crippen LogP contribution is -2.16. The molecule has 1 aliphatic rings. The van der Waals surface area contributed by atoms with Crippen LogP contribution < -0.4 is 10.1 Å². The van der Waals surface area contributed by atoms with Crippen molar-refractivity contribution in [1.29, 1.82) is 5.26 Å². The first-order chi connectivity index (χ1) is 8.72. The molecule has 0 saturated carbocycles. The zero-order valence-electron chi connectivity index (χ0n) is 9.76. The second kappa shape index (κ2) is 5.47. The Kier molecular flexibility index (Phi) is 3.75. The first-order valence-electron chi connectivity index (χ1n) is 5.73. The number of nitro groups is 1. The first-order valence-corrected chi connectivity index (χ1v) is 5.73. The highest BCUT2D eigenvalue weighted by Crippen LogP contribution is 2.30. The summed E-state index contributed by atoms with van der Waals surface area (Å²) in [5, 5.41) is 23.0. The largest absolute Gasteiger partial charge is 0.486 e. The van der Waals surface area contributed by atoms with Crippen LogP contribution in [0.15, 0.2) is 18.2 Å². The van der Waals surface area contributed by atoms with E-state index in [4.69, 9.17) is 10.00 Å². The lowest BCUT2D eigenvalue weighted by Gasteiger charge is -2.11. The molecule has 6 heteroatoms. The number of nitriles is 1. The van der Waals surface area contributed by atoms with Gasteiger partial charge in [-0.1, -0.05) is 6.07 Å². The summed E-state index contributed by atoms with van der Waals surface area (Å²) in [7, 11) is 0. The van der Waals surface area contributed by atoms with E-state index in [0.29, 0.717) is 12.5 Å². The predicted octanol–water partition coefficient (Wildman–Crippen LogP) is 1.45. The van der Waals surface area contributed by atoms with Crippen molar-refractivity contribution in [3.05, 3.63) is 33.9 Å². The zero-order valence-corrected chi connectivity index (χ0v) is 9.76. The van der Waals surface area contributed by atoms with Gasteiger partial charge in [0.15, 0.2) is 5.75 Å². The molecule has 2 rings (SSSR count). The van der Waals surface area contributed by atoms with Crippen molar-refractivity contribution in [2.75, 3.05) is 19.7 Å². The van der Waals surface area contributed by atoms with Gasteiger partial charge in [0, 0.05) is 12.5 Å². The van der Waals surface area contributed by atoms with Gasteiger partial charge in [-0.05, 0) is 25.1 Å². The maximum atomic E-state index is 11.0. The quantitative estimate of drug-likeness (QED) is 0.642. The Morgan fingerprint density at radius 3 is 3.06 bits per heavy atom. The smallest absolute Gasteiger partial charge is 0.328 e. The van der Waals surface area contributed by atoms with E-state index in [0.717, 1.165) is 19.5 Å². The summed E-state index contributed by atoms with van der Waals surface area (Å²) in [6.45, 7) is 2.25. The van der Waals surface area contributed by atoms with Crippen molar-refractivity contribution in [3.63, 3.8) is 0 Å². The average molecular weight is 247 g/mol. The van der Waals surface area contributed by atoms with Crippen LogP contribution in [0.1, 0.15) is 12.0 Å². The number of benzene rings is 1. The molecule has 18 heavy (non-hydrogen) atoms. The van der Waals surface area contributed by atoms with E-state index in [1.54, 1.807) is 6.07 Å². The predicted molar refractivity (Wildman–Crippen MR) is 64.3 cm³/mol. The van der Waals surface area contributed by atoms with Gasteiger partial charge in [-0.3, -0.25) is 10.1 Å². The maximum absolute atomic E-state index is 11.0. The van der Waals surface area contributed by atoms with Gasteiger partial charge in [0.25, 0.3) is 0 Å². The van der Waals surface area contributed by atoms with E-state index >= 15 is 0 Å². The Labute approximate surface area is 104 Å². The van der Waals surface area contributed by atoms with Crippen LogP contribution in [0, 0.1) is 27.4 Å². The summed E-state index contributed by atoms with van der Waals surface area (Å²) in [6, 6.07) is 6.35. The number of hydrogen-bond acceptors (Lipinski definition) is 5. The standard InChI is InChI=1S/C12H13N3O3/c13-6-10-2-1-3-11(12(10)15(16)17)18-8-9-4-5-14-7-9/h1-3,9,14H,4-5,7-8H2. The van der Waals surface area contributed by atoms with Gasteiger partial charge in [0.2, 0.25) is 0 Å². The molecular weight excluding hydrogens is 234 g/mol. The average Bonchev–Trinajstić information content (AvgIpc) is 2.88. The molecule has 94 valence electrons. The Balaban J connectivity index is 2.16. The highest BCUT2D eigenvalue weighted by molar-refractivity contribution is 5.57. The van der Waals surface area contributed by atoms with Crippen molar-refractivity contribution < 1.29 is 9.66 Å². The molecule has 1 atom stereocenters. The fourth-order valence-electron chi connectivity index (χ4n) is 1.98. The SMILES string of the molecule is N#Cc1cccc(OCC2CCNC2)c1[N+](=O)[O-]. The van der Waals surface area contributed by atoms with Gasteiger partial charge < -0.3 is 10.1 Å². The third-order valence-corrected chi connectivity index (χ3v) is 2.94. The molecule has 0 aromatic heterocycles. The molecule has 1 N–H and O–H groups in total. The Morgan fingerprint density at radius 1 is 1.61 bits per heavy atom. The molecule has 1 aliphatic heterocycles. The van der Waals surface area contributed by atoms with Crippen LogP contribution in [0.25, 0.3) is 0 Å². The molecule has 0 bridgehead atoms. The molecule has 0 spiro atoms. The zero-order chi connectivity index (χ0) is 13.0. The van der Waals surface area contributed by atoms with Crippen LogP contribution in [0.2, 0.25) is 0 Å². The minimum Gasteiger partial charge on any atom is -0.486 e. The van der Waals surface area contributed by atoms with Crippen molar-refractivity contribution >= 4 is 5.69 Å². The van der Waals surface area contributed by atoms with Gasteiger partial charge in [0.05, 0.1) is 11.5 Å². The lowest BCUT2D eigenvalue weighted by atomic mass is 10.1. The Bertz CT molecular complexity index is 490. The van der Waals surface area contributed by atoms with E-state index in [2.05, 4.69) is 5.32 Å². The molecule has 1 heterocycles. The van der Waals surface area contributed by atoms with Gasteiger partial charge in [-0.15, -0.1) is 0 Å². The first kappa shape index (κ1) is 12.3. The molecule has 0 amide bonds. The fourth-order valence-corrected chi connectivity index (χ4v) is 1.98. The third kappa shape index (κ3) is 2.57. The van der Waals surface area contributed by atoms with Crippen LogP contribution in [0.3, 0.4) is 0 Å².